The van der Waals surface area contributed by atoms with Crippen molar-refractivity contribution in [2.75, 3.05) is 5.32 Å². The quantitative estimate of drug-likeness (QED) is 0.746. The Bertz CT molecular complexity index is 841. The third-order valence-corrected chi connectivity index (χ3v) is 3.20. The van der Waals surface area contributed by atoms with Crippen LogP contribution < -0.4 is 5.32 Å². The van der Waals surface area contributed by atoms with Crippen LogP contribution in [0.4, 0.5) is 5.69 Å². The molecule has 0 aliphatic heterocycles. The van der Waals surface area contributed by atoms with Crippen LogP contribution >= 0.6 is 0 Å². The third kappa shape index (κ3) is 3.29. The number of hydrogen-bond acceptors (Lipinski definition) is 5. The summed E-state index contributed by atoms with van der Waals surface area (Å²) >= 11 is 0. The molecule has 0 radical (unpaired) electrons. The Labute approximate surface area is 132 Å². The SMILES string of the molecule is CC(=O)c1ccc(NC(=O)c2cccc(-n3cnnc3)n2)cc1. The van der Waals surface area contributed by atoms with E-state index in [0.29, 0.717) is 17.1 Å². The number of carbonyl (C=O) groups is 2. The fraction of sp³-hybridized carbons (Fsp3) is 0.0625. The zero-order chi connectivity index (χ0) is 16.2. The van der Waals surface area contributed by atoms with Gasteiger partial charge in [-0.3, -0.25) is 14.2 Å². The van der Waals surface area contributed by atoms with Gasteiger partial charge in [-0.05, 0) is 43.3 Å². The lowest BCUT2D eigenvalue weighted by Crippen LogP contribution is -2.14. The van der Waals surface area contributed by atoms with E-state index in [4.69, 9.17) is 0 Å². The standard InChI is InChI=1S/C16H13N5O2/c1-11(22)12-5-7-13(8-6-12)19-16(23)14-3-2-4-15(20-14)21-9-17-18-10-21/h2-10H,1H3,(H,19,23). The first-order valence-corrected chi connectivity index (χ1v) is 6.88. The Kier molecular flexibility index (Phi) is 3.92. The van der Waals surface area contributed by atoms with Crippen molar-refractivity contribution >= 4 is 17.4 Å². The Hall–Kier alpha value is -3.35. The van der Waals surface area contributed by atoms with Gasteiger partial charge in [0.15, 0.2) is 5.78 Å². The number of pyridine rings is 1. The first-order chi connectivity index (χ1) is 11.1. The second-order valence-corrected chi connectivity index (χ2v) is 4.84. The molecule has 0 unspecified atom stereocenters. The summed E-state index contributed by atoms with van der Waals surface area (Å²) in [5.74, 6) is 0.191. The van der Waals surface area contributed by atoms with Gasteiger partial charge in [-0.1, -0.05) is 6.07 Å². The molecule has 0 bridgehead atoms. The lowest BCUT2D eigenvalue weighted by atomic mass is 10.1. The molecule has 1 N–H and O–H groups in total. The van der Waals surface area contributed by atoms with Gasteiger partial charge in [0.25, 0.3) is 5.91 Å². The summed E-state index contributed by atoms with van der Waals surface area (Å²) in [6.45, 7) is 1.49. The molecule has 1 amide bonds. The number of aromatic nitrogens is 4. The van der Waals surface area contributed by atoms with Gasteiger partial charge in [-0.25, -0.2) is 4.98 Å². The van der Waals surface area contributed by atoms with E-state index in [9.17, 15) is 9.59 Å². The zero-order valence-electron chi connectivity index (χ0n) is 12.3. The molecule has 3 rings (SSSR count). The molecule has 0 saturated carbocycles. The van der Waals surface area contributed by atoms with Crippen molar-refractivity contribution < 1.29 is 9.59 Å². The maximum absolute atomic E-state index is 12.3. The van der Waals surface area contributed by atoms with Crippen molar-refractivity contribution in [3.05, 3.63) is 66.4 Å². The number of rotatable bonds is 4. The molecule has 0 aliphatic carbocycles. The predicted octanol–water partition coefficient (Wildman–Crippen LogP) is 2.12. The molecule has 1 aromatic carbocycles. The molecular formula is C16H13N5O2. The molecule has 114 valence electrons. The lowest BCUT2D eigenvalue weighted by molar-refractivity contribution is 0.101. The number of nitrogens with one attached hydrogen (secondary N) is 1. The van der Waals surface area contributed by atoms with E-state index in [1.807, 2.05) is 0 Å². The zero-order valence-corrected chi connectivity index (χ0v) is 12.3. The van der Waals surface area contributed by atoms with E-state index in [2.05, 4.69) is 20.5 Å². The van der Waals surface area contributed by atoms with Crippen molar-refractivity contribution in [1.82, 2.24) is 19.7 Å². The largest absolute Gasteiger partial charge is 0.321 e. The summed E-state index contributed by atoms with van der Waals surface area (Å²) in [5.41, 5.74) is 1.46. The Morgan fingerprint density at radius 2 is 1.70 bits per heavy atom. The fourth-order valence-corrected chi connectivity index (χ4v) is 2.00. The Morgan fingerprint density at radius 1 is 1.00 bits per heavy atom. The summed E-state index contributed by atoms with van der Waals surface area (Å²) in [5, 5.41) is 10.2. The van der Waals surface area contributed by atoms with Crippen LogP contribution in [0.2, 0.25) is 0 Å². The van der Waals surface area contributed by atoms with E-state index in [1.165, 1.54) is 19.6 Å². The summed E-state index contributed by atoms with van der Waals surface area (Å²) in [6, 6.07) is 11.8. The van der Waals surface area contributed by atoms with E-state index in [-0.39, 0.29) is 17.4 Å². The van der Waals surface area contributed by atoms with Crippen LogP contribution in [0.3, 0.4) is 0 Å². The molecule has 2 heterocycles. The van der Waals surface area contributed by atoms with Gasteiger partial charge in [0, 0.05) is 11.3 Å². The Morgan fingerprint density at radius 3 is 2.35 bits per heavy atom. The monoisotopic (exact) mass is 307 g/mol. The molecule has 0 atom stereocenters. The fourth-order valence-electron chi connectivity index (χ4n) is 2.00. The van der Waals surface area contributed by atoms with Crippen molar-refractivity contribution in [3.63, 3.8) is 0 Å². The third-order valence-electron chi connectivity index (χ3n) is 3.20. The molecular weight excluding hydrogens is 294 g/mol. The first-order valence-electron chi connectivity index (χ1n) is 6.88. The average molecular weight is 307 g/mol. The maximum atomic E-state index is 12.3. The van der Waals surface area contributed by atoms with Crippen molar-refractivity contribution in [2.24, 2.45) is 0 Å². The van der Waals surface area contributed by atoms with E-state index < -0.39 is 0 Å². The summed E-state index contributed by atoms with van der Waals surface area (Å²) in [6.07, 6.45) is 3.01. The van der Waals surface area contributed by atoms with Gasteiger partial charge >= 0.3 is 0 Å². The summed E-state index contributed by atoms with van der Waals surface area (Å²) in [7, 11) is 0. The molecule has 3 aromatic rings. The van der Waals surface area contributed by atoms with Gasteiger partial charge in [-0.2, -0.15) is 0 Å². The van der Waals surface area contributed by atoms with E-state index in [1.54, 1.807) is 47.0 Å². The summed E-state index contributed by atoms with van der Waals surface area (Å²) in [4.78, 5) is 27.8. The highest BCUT2D eigenvalue weighted by Crippen LogP contribution is 2.12. The number of benzene rings is 1. The maximum Gasteiger partial charge on any atom is 0.274 e. The molecule has 0 saturated heterocycles. The minimum Gasteiger partial charge on any atom is -0.321 e. The number of anilines is 1. The lowest BCUT2D eigenvalue weighted by Gasteiger charge is -2.07. The minimum absolute atomic E-state index is 0.0221. The van der Waals surface area contributed by atoms with Crippen LogP contribution in [0, 0.1) is 0 Å². The van der Waals surface area contributed by atoms with Crippen molar-refractivity contribution in [1.29, 1.82) is 0 Å². The van der Waals surface area contributed by atoms with Gasteiger partial charge < -0.3 is 5.32 Å². The molecule has 0 spiro atoms. The van der Waals surface area contributed by atoms with Crippen LogP contribution in [0.25, 0.3) is 5.82 Å². The number of carbonyl (C=O) groups excluding carboxylic acids is 2. The van der Waals surface area contributed by atoms with Gasteiger partial charge in [0.2, 0.25) is 0 Å². The Balaban J connectivity index is 1.78. The number of nitrogens with zero attached hydrogens (tertiary/aromatic N) is 4. The highest BCUT2D eigenvalue weighted by atomic mass is 16.2. The molecule has 7 nitrogen and oxygen atoms in total. The van der Waals surface area contributed by atoms with Crippen LogP contribution in [0.1, 0.15) is 27.8 Å². The van der Waals surface area contributed by atoms with Gasteiger partial charge in [0.05, 0.1) is 0 Å². The van der Waals surface area contributed by atoms with Crippen LogP contribution in [0.5, 0.6) is 0 Å². The van der Waals surface area contributed by atoms with Gasteiger partial charge in [-0.15, -0.1) is 10.2 Å². The number of Topliss-reactive ketones (excluding diaryl/α,β-unsaturated/α-hetero) is 1. The smallest absolute Gasteiger partial charge is 0.274 e. The molecule has 0 aliphatic rings. The average Bonchev–Trinajstić information content (AvgIpc) is 3.10. The number of amides is 1. The second-order valence-electron chi connectivity index (χ2n) is 4.84. The van der Waals surface area contributed by atoms with Crippen LogP contribution in [0.15, 0.2) is 55.1 Å². The topological polar surface area (TPSA) is 89.8 Å². The van der Waals surface area contributed by atoms with Gasteiger partial charge in [0.1, 0.15) is 24.2 Å². The molecule has 23 heavy (non-hydrogen) atoms. The molecule has 0 fully saturated rings. The number of hydrogen-bond donors (Lipinski definition) is 1. The van der Waals surface area contributed by atoms with Crippen molar-refractivity contribution in [2.45, 2.75) is 6.92 Å². The van der Waals surface area contributed by atoms with Crippen LogP contribution in [-0.4, -0.2) is 31.4 Å². The number of ketones is 1. The normalized spacial score (nSPS) is 10.3. The summed E-state index contributed by atoms with van der Waals surface area (Å²) < 4.78 is 1.61. The highest BCUT2D eigenvalue weighted by molar-refractivity contribution is 6.03. The first kappa shape index (κ1) is 14.6. The van der Waals surface area contributed by atoms with Crippen molar-refractivity contribution in [3.8, 4) is 5.82 Å². The second kappa shape index (κ2) is 6.18. The minimum atomic E-state index is -0.338. The van der Waals surface area contributed by atoms with Crippen LogP contribution in [-0.2, 0) is 0 Å². The highest BCUT2D eigenvalue weighted by Gasteiger charge is 2.09. The predicted molar refractivity (Wildman–Crippen MR) is 83.6 cm³/mol. The molecule has 2 aromatic heterocycles. The van der Waals surface area contributed by atoms with E-state index in [0.717, 1.165) is 0 Å². The molecule has 7 heteroatoms. The van der Waals surface area contributed by atoms with E-state index >= 15 is 0 Å².